The standard InChI is InChI=1S/C17H23NO3/c1-11(2)21-16-5-3-12(4-6-16)17(19)13-7-14-9-20-10-15(8-13)18-14/h3-6,11,13-15,18H,7-10H2,1-2H3. The molecule has 2 aliphatic rings. The van der Waals surface area contributed by atoms with Crippen LogP contribution >= 0.6 is 0 Å². The first-order valence-electron chi connectivity index (χ1n) is 7.76. The van der Waals surface area contributed by atoms with Gasteiger partial charge < -0.3 is 14.8 Å². The van der Waals surface area contributed by atoms with E-state index in [1.54, 1.807) is 0 Å². The number of morpholine rings is 1. The molecule has 21 heavy (non-hydrogen) atoms. The van der Waals surface area contributed by atoms with Gasteiger partial charge in [0.15, 0.2) is 5.78 Å². The van der Waals surface area contributed by atoms with Crippen LogP contribution in [0.4, 0.5) is 0 Å². The predicted molar refractivity (Wildman–Crippen MR) is 80.8 cm³/mol. The lowest BCUT2D eigenvalue weighted by atomic mass is 9.82. The van der Waals surface area contributed by atoms with Gasteiger partial charge in [0.25, 0.3) is 0 Å². The SMILES string of the molecule is CC(C)Oc1ccc(C(=O)C2CC3COCC(C2)N3)cc1. The number of carbonyl (C=O) groups excluding carboxylic acids is 1. The number of carbonyl (C=O) groups is 1. The van der Waals surface area contributed by atoms with Gasteiger partial charge in [0.2, 0.25) is 0 Å². The molecule has 1 N–H and O–H groups in total. The maximum Gasteiger partial charge on any atom is 0.166 e. The largest absolute Gasteiger partial charge is 0.491 e. The Hall–Kier alpha value is -1.39. The van der Waals surface area contributed by atoms with Crippen LogP contribution in [0.3, 0.4) is 0 Å². The van der Waals surface area contributed by atoms with E-state index in [2.05, 4.69) is 5.32 Å². The molecule has 0 radical (unpaired) electrons. The van der Waals surface area contributed by atoms with E-state index in [9.17, 15) is 4.79 Å². The Morgan fingerprint density at radius 2 is 1.81 bits per heavy atom. The zero-order chi connectivity index (χ0) is 14.8. The first-order valence-corrected chi connectivity index (χ1v) is 7.76. The molecule has 2 saturated heterocycles. The quantitative estimate of drug-likeness (QED) is 0.865. The minimum Gasteiger partial charge on any atom is -0.491 e. The maximum atomic E-state index is 12.7. The van der Waals surface area contributed by atoms with Crippen LogP contribution < -0.4 is 10.1 Å². The summed E-state index contributed by atoms with van der Waals surface area (Å²) in [6.07, 6.45) is 1.90. The van der Waals surface area contributed by atoms with Crippen molar-refractivity contribution in [2.45, 2.75) is 44.9 Å². The van der Waals surface area contributed by atoms with Crippen LogP contribution in [0.5, 0.6) is 5.75 Å². The average Bonchev–Trinajstić information content (AvgIpc) is 2.46. The van der Waals surface area contributed by atoms with E-state index in [-0.39, 0.29) is 17.8 Å². The fraction of sp³-hybridized carbons (Fsp3) is 0.588. The molecule has 3 rings (SSSR count). The number of rotatable bonds is 4. The average molecular weight is 289 g/mol. The molecule has 0 aromatic heterocycles. The van der Waals surface area contributed by atoms with Crippen LogP contribution in [0, 0.1) is 5.92 Å². The van der Waals surface area contributed by atoms with Gasteiger partial charge in [-0.3, -0.25) is 4.79 Å². The van der Waals surface area contributed by atoms with Crippen molar-refractivity contribution < 1.29 is 14.3 Å². The number of hydrogen-bond acceptors (Lipinski definition) is 4. The highest BCUT2D eigenvalue weighted by Gasteiger charge is 2.35. The lowest BCUT2D eigenvalue weighted by molar-refractivity contribution is 0.00953. The zero-order valence-electron chi connectivity index (χ0n) is 12.7. The lowest BCUT2D eigenvalue weighted by Gasteiger charge is -2.39. The molecule has 0 aliphatic carbocycles. The van der Waals surface area contributed by atoms with Gasteiger partial charge >= 0.3 is 0 Å². The number of ether oxygens (including phenoxy) is 2. The fourth-order valence-corrected chi connectivity index (χ4v) is 3.26. The van der Waals surface area contributed by atoms with Crippen molar-refractivity contribution in [1.82, 2.24) is 5.32 Å². The molecule has 0 amide bonds. The number of hydrogen-bond donors (Lipinski definition) is 1. The van der Waals surface area contributed by atoms with E-state index in [0.29, 0.717) is 12.1 Å². The highest BCUT2D eigenvalue weighted by atomic mass is 16.5. The van der Waals surface area contributed by atoms with E-state index in [1.807, 2.05) is 38.1 Å². The Morgan fingerprint density at radius 3 is 2.38 bits per heavy atom. The first-order chi connectivity index (χ1) is 10.1. The third kappa shape index (κ3) is 3.44. The predicted octanol–water partition coefficient (Wildman–Crippen LogP) is 2.42. The van der Waals surface area contributed by atoms with Crippen LogP contribution in [-0.4, -0.2) is 37.2 Å². The third-order valence-corrected chi connectivity index (χ3v) is 4.13. The van der Waals surface area contributed by atoms with Gasteiger partial charge in [0.1, 0.15) is 5.75 Å². The van der Waals surface area contributed by atoms with Gasteiger partial charge in [-0.15, -0.1) is 0 Å². The Bertz CT molecular complexity index is 485. The molecular formula is C17H23NO3. The van der Waals surface area contributed by atoms with E-state index < -0.39 is 0 Å². The fourth-order valence-electron chi connectivity index (χ4n) is 3.26. The van der Waals surface area contributed by atoms with Gasteiger partial charge in [-0.2, -0.15) is 0 Å². The molecular weight excluding hydrogens is 266 g/mol. The van der Waals surface area contributed by atoms with Gasteiger partial charge in [0, 0.05) is 23.6 Å². The number of nitrogens with one attached hydrogen (secondary N) is 1. The van der Waals surface area contributed by atoms with Gasteiger partial charge in [0.05, 0.1) is 19.3 Å². The number of Topliss-reactive ketones (excluding diaryl/α,β-unsaturated/α-hetero) is 1. The first kappa shape index (κ1) is 14.5. The van der Waals surface area contributed by atoms with Crippen LogP contribution in [-0.2, 0) is 4.74 Å². The zero-order valence-corrected chi connectivity index (χ0v) is 12.7. The molecule has 0 saturated carbocycles. The summed E-state index contributed by atoms with van der Waals surface area (Å²) in [4.78, 5) is 12.7. The van der Waals surface area contributed by atoms with Crippen molar-refractivity contribution in [3.8, 4) is 5.75 Å². The molecule has 2 atom stereocenters. The molecule has 2 bridgehead atoms. The normalized spacial score (nSPS) is 28.4. The molecule has 1 aromatic rings. The van der Waals surface area contributed by atoms with Crippen molar-refractivity contribution in [3.05, 3.63) is 29.8 Å². The summed E-state index contributed by atoms with van der Waals surface area (Å²) >= 11 is 0. The number of fused-ring (bicyclic) bond motifs is 2. The molecule has 2 unspecified atom stereocenters. The Morgan fingerprint density at radius 1 is 1.19 bits per heavy atom. The van der Waals surface area contributed by atoms with Crippen molar-refractivity contribution in [2.24, 2.45) is 5.92 Å². The van der Waals surface area contributed by atoms with E-state index in [4.69, 9.17) is 9.47 Å². The second kappa shape index (κ2) is 6.16. The van der Waals surface area contributed by atoms with Crippen molar-refractivity contribution in [3.63, 3.8) is 0 Å². The summed E-state index contributed by atoms with van der Waals surface area (Å²) in [5.74, 6) is 1.18. The molecule has 4 nitrogen and oxygen atoms in total. The molecule has 0 spiro atoms. The molecule has 2 heterocycles. The Balaban J connectivity index is 1.67. The van der Waals surface area contributed by atoms with Gasteiger partial charge in [-0.1, -0.05) is 0 Å². The highest BCUT2D eigenvalue weighted by Crippen LogP contribution is 2.27. The number of piperidine rings is 1. The lowest BCUT2D eigenvalue weighted by Crippen LogP contribution is -2.55. The van der Waals surface area contributed by atoms with Crippen molar-refractivity contribution in [1.29, 1.82) is 0 Å². The topological polar surface area (TPSA) is 47.6 Å². The van der Waals surface area contributed by atoms with Crippen LogP contribution in [0.2, 0.25) is 0 Å². The molecule has 1 aromatic carbocycles. The van der Waals surface area contributed by atoms with Gasteiger partial charge in [-0.25, -0.2) is 0 Å². The summed E-state index contributed by atoms with van der Waals surface area (Å²) in [7, 11) is 0. The molecule has 114 valence electrons. The summed E-state index contributed by atoms with van der Waals surface area (Å²) in [5, 5.41) is 3.52. The summed E-state index contributed by atoms with van der Waals surface area (Å²) in [6.45, 7) is 5.44. The van der Waals surface area contributed by atoms with Gasteiger partial charge in [-0.05, 0) is 51.0 Å². The maximum absolute atomic E-state index is 12.7. The third-order valence-electron chi connectivity index (χ3n) is 4.13. The summed E-state index contributed by atoms with van der Waals surface area (Å²) < 4.78 is 11.1. The van der Waals surface area contributed by atoms with Crippen LogP contribution in [0.15, 0.2) is 24.3 Å². The smallest absolute Gasteiger partial charge is 0.166 e. The van der Waals surface area contributed by atoms with Crippen LogP contribution in [0.25, 0.3) is 0 Å². The Labute approximate surface area is 125 Å². The molecule has 4 heteroatoms. The van der Waals surface area contributed by atoms with E-state index in [0.717, 1.165) is 37.4 Å². The number of ketones is 1. The minimum absolute atomic E-state index is 0.113. The Kier molecular flexibility index (Phi) is 4.27. The number of benzene rings is 1. The van der Waals surface area contributed by atoms with Crippen molar-refractivity contribution >= 4 is 5.78 Å². The second-order valence-electron chi connectivity index (χ2n) is 6.32. The highest BCUT2D eigenvalue weighted by molar-refractivity contribution is 5.98. The summed E-state index contributed by atoms with van der Waals surface area (Å²) in [5.41, 5.74) is 0.789. The summed E-state index contributed by atoms with van der Waals surface area (Å²) in [6, 6.07) is 8.20. The molecule has 2 fully saturated rings. The van der Waals surface area contributed by atoms with Crippen molar-refractivity contribution in [2.75, 3.05) is 13.2 Å². The van der Waals surface area contributed by atoms with E-state index >= 15 is 0 Å². The van der Waals surface area contributed by atoms with Crippen LogP contribution in [0.1, 0.15) is 37.0 Å². The second-order valence-corrected chi connectivity index (χ2v) is 6.32. The molecule has 2 aliphatic heterocycles. The monoisotopic (exact) mass is 289 g/mol. The van der Waals surface area contributed by atoms with E-state index in [1.165, 1.54) is 0 Å². The minimum atomic E-state index is 0.113.